The standard InChI is InChI=1S/C26H46O2.C25H44O2.C25H42O2.C24H40O2.2CH3.2BrH.2Mg/c1-7-26(28)15-14-24(5)18(16-26)8-9-19-21-11-10-20(17(2)23(3,4)27)25(21,6)13-12-22(19)24;2*1-6-25(27)14-13-23(4)18(15-25)7-8-19-21-10-9-20(16(2)17(3)26)24(21,5)12-11-22(19)23;1-5-24(26)13-12-22(3)17(14-24)6-7-18-20-9-8-19(16(2)15-25)23(20,4)11-10-21(18)22;;;;;;/h17-22,27-28H,7-16H2,1-6H3;16-22,26-27H,6-15H2,1-5H3;16,18-22,27H,6-15H2,1-5H3;15-21,26H,5-14H2,1-4H3;2*1H3;2*1H;;/q;;;;2*-1;;;2*+2/p-2/t17-,18-,19-,20+,21-,22-,24-,25+,26-;16-,17?,18+,19+,20-,21+,22+,23+,24-,25+;16-,18+,19+,20-,21+,22+,23+,24-,25+;16-,17+,18+,19-,20+,21+,22+,23-,24+;;;;;;/m0111....../s1. The molecule has 0 spiro atoms. The summed E-state index contributed by atoms with van der Waals surface area (Å²) in [7, 11) is 0. The van der Waals surface area contributed by atoms with E-state index in [0.717, 1.165) is 172 Å². The normalized spacial score (nSPS) is 50.9. The van der Waals surface area contributed by atoms with Crippen LogP contribution in [0.15, 0.2) is 0 Å². The Kier molecular flexibility index (Phi) is 33.8. The maximum Gasteiger partial charge on any atom is 2.00 e. The average Bonchev–Trinajstić information content (AvgIpc) is 1.42. The molecule has 0 amide bonds. The second kappa shape index (κ2) is 37.5. The van der Waals surface area contributed by atoms with Gasteiger partial charge in [0.1, 0.15) is 12.1 Å². The summed E-state index contributed by atoms with van der Waals surface area (Å²) in [5.74, 6) is 17.4. The van der Waals surface area contributed by atoms with Gasteiger partial charge in [-0.15, -0.1) is 0 Å². The van der Waals surface area contributed by atoms with Crippen LogP contribution in [-0.4, -0.2) is 123 Å². The van der Waals surface area contributed by atoms with Crippen molar-refractivity contribution in [3.8, 4) is 0 Å². The fourth-order valence-corrected chi connectivity index (χ4v) is 35.3. The Hall–Kier alpha value is 1.59. The molecule has 0 aromatic rings. The van der Waals surface area contributed by atoms with Crippen molar-refractivity contribution in [2.75, 3.05) is 0 Å². The van der Waals surface area contributed by atoms with Crippen LogP contribution >= 0.6 is 0 Å². The minimum atomic E-state index is -0.572. The Morgan fingerprint density at radius 2 is 0.614 bits per heavy atom. The minimum Gasteiger partial charge on any atom is -1.00 e. The van der Waals surface area contributed by atoms with Gasteiger partial charge in [-0.25, -0.2) is 0 Å². The third kappa shape index (κ3) is 17.7. The predicted molar refractivity (Wildman–Crippen MR) is 468 cm³/mol. The Labute approximate surface area is 755 Å². The number of rotatable bonds is 12. The number of carbonyl (C=O) groups is 2. The van der Waals surface area contributed by atoms with E-state index in [0.29, 0.717) is 84.6 Å². The third-order valence-corrected chi connectivity index (χ3v) is 43.4. The van der Waals surface area contributed by atoms with Crippen LogP contribution in [0.4, 0.5) is 0 Å². The van der Waals surface area contributed by atoms with Crippen LogP contribution < -0.4 is 34.0 Å². The minimum absolute atomic E-state index is 0. The number of aldehydes is 1. The maximum atomic E-state index is 12.1. The Balaban J connectivity index is 0.000000207. The summed E-state index contributed by atoms with van der Waals surface area (Å²) < 4.78 is 0. The van der Waals surface area contributed by atoms with Crippen LogP contribution in [0, 0.1) is 200 Å². The van der Waals surface area contributed by atoms with E-state index in [1.165, 1.54) is 186 Å². The van der Waals surface area contributed by atoms with Crippen molar-refractivity contribution in [2.45, 2.75) is 429 Å². The first-order valence-electron chi connectivity index (χ1n) is 47.8. The van der Waals surface area contributed by atoms with Gasteiger partial charge in [0.2, 0.25) is 0 Å². The molecule has 16 aliphatic carbocycles. The summed E-state index contributed by atoms with van der Waals surface area (Å²) in [6.07, 6.45) is 50.1. The zero-order valence-corrected chi connectivity index (χ0v) is 84.0. The molecular formula is C102H178Br2Mg2O8. The first kappa shape index (κ1) is 103. The van der Waals surface area contributed by atoms with Crippen LogP contribution in [0.3, 0.4) is 0 Å². The molecule has 16 aliphatic rings. The zero-order chi connectivity index (χ0) is 78.5. The summed E-state index contributed by atoms with van der Waals surface area (Å²) in [5, 5.41) is 64.8. The van der Waals surface area contributed by atoms with Gasteiger partial charge < -0.3 is 84.2 Å². The van der Waals surface area contributed by atoms with E-state index in [2.05, 4.69) is 111 Å². The molecule has 8 nitrogen and oxygen atoms in total. The molecule has 0 heterocycles. The van der Waals surface area contributed by atoms with Crippen LogP contribution in [0.25, 0.3) is 0 Å². The molecule has 652 valence electrons. The van der Waals surface area contributed by atoms with Gasteiger partial charge in [0.25, 0.3) is 0 Å². The number of hydrogen-bond donors (Lipinski definition) is 6. The van der Waals surface area contributed by atoms with Gasteiger partial charge in [-0.1, -0.05) is 111 Å². The quantitative estimate of drug-likeness (QED) is 0.0641. The van der Waals surface area contributed by atoms with Crippen LogP contribution in [0.5, 0.6) is 0 Å². The second-order valence-corrected chi connectivity index (χ2v) is 47.1. The number of ketones is 1. The average molecular weight is 1740 g/mol. The summed E-state index contributed by atoms with van der Waals surface area (Å²) in [4.78, 5) is 23.6. The second-order valence-electron chi connectivity index (χ2n) is 47.1. The van der Waals surface area contributed by atoms with Crippen molar-refractivity contribution in [1.82, 2.24) is 0 Å². The molecule has 16 rings (SSSR count). The van der Waals surface area contributed by atoms with Crippen molar-refractivity contribution < 1.29 is 74.2 Å². The third-order valence-electron chi connectivity index (χ3n) is 43.4. The maximum absolute atomic E-state index is 12.1. The molecule has 0 radical (unpaired) electrons. The fraction of sp³-hybridized carbons (Fsp3) is 0.961. The monoisotopic (exact) mass is 1740 g/mol. The molecule has 37 atom stereocenters. The van der Waals surface area contributed by atoms with E-state index >= 15 is 0 Å². The fourth-order valence-electron chi connectivity index (χ4n) is 35.3. The van der Waals surface area contributed by atoms with Crippen molar-refractivity contribution in [1.29, 1.82) is 0 Å². The molecule has 114 heavy (non-hydrogen) atoms. The van der Waals surface area contributed by atoms with Crippen molar-refractivity contribution in [3.63, 3.8) is 0 Å². The molecule has 0 saturated heterocycles. The number of hydrogen-bond acceptors (Lipinski definition) is 8. The van der Waals surface area contributed by atoms with Gasteiger partial charge in [0, 0.05) is 11.8 Å². The number of aliphatic hydroxyl groups is 6. The van der Waals surface area contributed by atoms with Crippen LogP contribution in [0.1, 0.15) is 395 Å². The van der Waals surface area contributed by atoms with E-state index < -0.39 is 16.8 Å². The number of carbonyl (C=O) groups excluding carboxylic acids is 2. The Bertz CT molecular complexity index is 3150. The van der Waals surface area contributed by atoms with Gasteiger partial charge in [-0.3, -0.25) is 4.79 Å². The topological polar surface area (TPSA) is 156 Å². The zero-order valence-electron chi connectivity index (χ0n) is 78.0. The Morgan fingerprint density at radius 3 is 0.877 bits per heavy atom. The molecule has 12 heteroatoms. The molecular weight excluding hydrogens is 1560 g/mol. The number of halogens is 2. The summed E-state index contributed by atoms with van der Waals surface area (Å²) >= 11 is 0. The smallest absolute Gasteiger partial charge is 1.00 e. The van der Waals surface area contributed by atoms with E-state index in [9.17, 15) is 40.2 Å². The number of aliphatic hydroxyl groups excluding tert-OH is 1. The van der Waals surface area contributed by atoms with Crippen LogP contribution in [0.2, 0.25) is 0 Å². The largest absolute Gasteiger partial charge is 2.00 e. The van der Waals surface area contributed by atoms with Gasteiger partial charge >= 0.3 is 46.1 Å². The molecule has 1 unspecified atom stereocenters. The van der Waals surface area contributed by atoms with Crippen molar-refractivity contribution in [2.24, 2.45) is 185 Å². The van der Waals surface area contributed by atoms with E-state index in [4.69, 9.17) is 0 Å². The predicted octanol–water partition coefficient (Wildman–Crippen LogP) is 17.8. The number of fused-ring (bicyclic) bond motifs is 20. The SMILES string of the molecule is CC[C@]1(O)CC[C@@]2(C)[C@@H](CC[C@@H]3[C@@H]2CC[C@]2(C)[C@@H]([C@H](C)C(C)(C)O)CC[C@@H]32)C1.CC[C@]1(O)CC[C@@]2(C)[C@@H](CC[C@@H]3[C@@H]2CC[C@]2(C)[C@@H]([C@H](C)C(C)=O)CC[C@@H]32)C1.CC[C@]1(O)CC[C@@]2(C)[C@@H](CC[C@@H]3[C@@H]2CC[C@]2(C)[C@@H]([C@H](C)C(C)O)CC[C@@H]32)C1.CC[C@]1(O)CC[C@@]2(C)[C@@H](CC[C@@H]3[C@@H]2CC[C@]2(C)[C@@H]([C@H](C)C=O)CC[C@@H]32)C1.[Br-].[Br-].[CH3-].[CH3-].[Mg+2].[Mg+2]. The van der Waals surface area contributed by atoms with Crippen molar-refractivity contribution >= 4 is 58.2 Å². The molecule has 0 aromatic heterocycles. The first-order chi connectivity index (χ1) is 50.5. The van der Waals surface area contributed by atoms with Gasteiger partial charge in [0.05, 0.1) is 34.1 Å². The van der Waals surface area contributed by atoms with E-state index in [1.54, 1.807) is 6.92 Å². The molecule has 0 aromatic carbocycles. The van der Waals surface area contributed by atoms with E-state index in [-0.39, 0.29) is 124 Å². The molecule has 16 fully saturated rings. The van der Waals surface area contributed by atoms with Crippen LogP contribution in [-0.2, 0) is 9.59 Å². The molecule has 0 aliphatic heterocycles. The van der Waals surface area contributed by atoms with Gasteiger partial charge in [-0.2, -0.15) is 0 Å². The summed E-state index contributed by atoms with van der Waals surface area (Å²) in [6.45, 7) is 46.0. The molecule has 6 N–H and O–H groups in total. The van der Waals surface area contributed by atoms with Gasteiger partial charge in [-0.05, 0) is 458 Å². The summed E-state index contributed by atoms with van der Waals surface area (Å²) in [6, 6.07) is 0. The van der Waals surface area contributed by atoms with Gasteiger partial charge in [0.15, 0.2) is 0 Å². The van der Waals surface area contributed by atoms with E-state index in [1.807, 2.05) is 20.8 Å². The van der Waals surface area contributed by atoms with Crippen molar-refractivity contribution in [3.05, 3.63) is 14.9 Å². The number of Topliss-reactive ketones (excluding diaryl/α,β-unsaturated/α-hetero) is 1. The first-order valence-corrected chi connectivity index (χ1v) is 47.8. The Morgan fingerprint density at radius 1 is 0.368 bits per heavy atom. The molecule has 0 bridgehead atoms. The summed E-state index contributed by atoms with van der Waals surface area (Å²) in [5.41, 5.74) is 1.30. The molecule has 16 saturated carbocycles.